The zero-order chi connectivity index (χ0) is 15.6. The Morgan fingerprint density at radius 2 is 2.09 bits per heavy atom. The van der Waals surface area contributed by atoms with Gasteiger partial charge in [0.05, 0.1) is 12.1 Å². The first-order valence-corrected chi connectivity index (χ1v) is 8.34. The number of ether oxygens (including phenoxy) is 1. The number of benzene rings is 1. The average Bonchev–Trinajstić information content (AvgIpc) is 3.25. The van der Waals surface area contributed by atoms with Gasteiger partial charge in [-0.15, -0.1) is 0 Å². The van der Waals surface area contributed by atoms with E-state index in [2.05, 4.69) is 10.4 Å². The number of rotatable bonds is 3. The largest absolute Gasteiger partial charge is 0.492 e. The molecule has 2 aliphatic rings. The molecule has 2 aromatic rings. The Morgan fingerprint density at radius 3 is 2.96 bits per heavy atom. The third kappa shape index (κ3) is 2.71. The number of hydrogen-bond donors (Lipinski definition) is 1. The van der Waals surface area contributed by atoms with Crippen molar-refractivity contribution in [2.24, 2.45) is 0 Å². The predicted molar refractivity (Wildman–Crippen MR) is 86.3 cm³/mol. The van der Waals surface area contributed by atoms with Gasteiger partial charge in [0.1, 0.15) is 18.3 Å². The number of nitrogens with one attached hydrogen (secondary N) is 1. The maximum atomic E-state index is 12.8. The van der Waals surface area contributed by atoms with Crippen LogP contribution in [-0.4, -0.2) is 28.3 Å². The molecule has 1 aromatic carbocycles. The quantitative estimate of drug-likeness (QED) is 0.948. The van der Waals surface area contributed by atoms with Crippen LogP contribution < -0.4 is 10.1 Å². The number of aromatic nitrogens is 2. The molecule has 1 amide bonds. The van der Waals surface area contributed by atoms with Crippen molar-refractivity contribution in [3.8, 4) is 5.75 Å². The summed E-state index contributed by atoms with van der Waals surface area (Å²) in [6.45, 7) is 0.435. The van der Waals surface area contributed by atoms with Crippen LogP contribution in [0.5, 0.6) is 5.75 Å². The van der Waals surface area contributed by atoms with Crippen molar-refractivity contribution in [1.29, 1.82) is 0 Å². The zero-order valence-electron chi connectivity index (χ0n) is 13.0. The number of carbonyl (C=O) groups is 1. The first kappa shape index (κ1) is 14.3. The number of hydrogen-bond acceptors (Lipinski definition) is 3. The van der Waals surface area contributed by atoms with Crippen LogP contribution in [-0.2, 0) is 4.79 Å². The lowest BCUT2D eigenvalue weighted by atomic mass is 9.89. The van der Waals surface area contributed by atoms with E-state index in [1.165, 1.54) is 6.42 Å². The first-order valence-electron chi connectivity index (χ1n) is 8.34. The van der Waals surface area contributed by atoms with Crippen molar-refractivity contribution in [2.45, 2.75) is 43.7 Å². The minimum atomic E-state index is -0.202. The molecule has 120 valence electrons. The summed E-state index contributed by atoms with van der Waals surface area (Å²) in [5.41, 5.74) is 0.997. The van der Waals surface area contributed by atoms with Gasteiger partial charge in [0.15, 0.2) is 0 Å². The highest BCUT2D eigenvalue weighted by Crippen LogP contribution is 2.34. The maximum Gasteiger partial charge on any atom is 0.231 e. The van der Waals surface area contributed by atoms with Crippen molar-refractivity contribution in [3.63, 3.8) is 0 Å². The van der Waals surface area contributed by atoms with E-state index >= 15 is 0 Å². The molecule has 3 atom stereocenters. The predicted octanol–water partition coefficient (Wildman–Crippen LogP) is 2.66. The van der Waals surface area contributed by atoms with Gasteiger partial charge in [-0.3, -0.25) is 9.48 Å². The number of amides is 1. The first-order chi connectivity index (χ1) is 11.3. The Morgan fingerprint density at radius 1 is 1.22 bits per heavy atom. The molecule has 0 radical (unpaired) electrons. The van der Waals surface area contributed by atoms with Crippen molar-refractivity contribution in [3.05, 3.63) is 48.3 Å². The minimum Gasteiger partial charge on any atom is -0.492 e. The van der Waals surface area contributed by atoms with Crippen LogP contribution in [0.4, 0.5) is 0 Å². The van der Waals surface area contributed by atoms with Crippen LogP contribution in [0.1, 0.15) is 43.2 Å². The van der Waals surface area contributed by atoms with Gasteiger partial charge >= 0.3 is 0 Å². The van der Waals surface area contributed by atoms with Crippen LogP contribution in [0.25, 0.3) is 0 Å². The molecule has 0 bridgehead atoms. The minimum absolute atomic E-state index is 0.0685. The number of fused-ring (bicyclic) bond motifs is 1. The van der Waals surface area contributed by atoms with E-state index in [1.807, 2.05) is 41.2 Å². The fourth-order valence-corrected chi connectivity index (χ4v) is 3.74. The second kappa shape index (κ2) is 6.07. The smallest absolute Gasteiger partial charge is 0.231 e. The summed E-state index contributed by atoms with van der Waals surface area (Å²) in [4.78, 5) is 12.8. The van der Waals surface area contributed by atoms with Gasteiger partial charge in [0.25, 0.3) is 0 Å². The van der Waals surface area contributed by atoms with Gasteiger partial charge in [-0.25, -0.2) is 0 Å². The lowest BCUT2D eigenvalue weighted by Crippen LogP contribution is -2.45. The third-order valence-corrected chi connectivity index (χ3v) is 4.94. The van der Waals surface area contributed by atoms with E-state index in [0.29, 0.717) is 6.61 Å². The fourth-order valence-electron chi connectivity index (χ4n) is 3.74. The molecule has 5 heteroatoms. The molecule has 23 heavy (non-hydrogen) atoms. The SMILES string of the molecule is O=C(N[C@@H]1CCCC[C@@H]1n1cccn1)[C@@H]1COc2ccccc21. The lowest BCUT2D eigenvalue weighted by molar-refractivity contribution is -0.124. The van der Waals surface area contributed by atoms with E-state index in [4.69, 9.17) is 4.74 Å². The maximum absolute atomic E-state index is 12.8. The summed E-state index contributed by atoms with van der Waals surface area (Å²) in [7, 11) is 0. The Hall–Kier alpha value is -2.30. The monoisotopic (exact) mass is 311 g/mol. The highest BCUT2D eigenvalue weighted by Gasteiger charge is 2.34. The summed E-state index contributed by atoms with van der Waals surface area (Å²) in [6.07, 6.45) is 8.19. The normalized spacial score (nSPS) is 26.3. The molecule has 2 heterocycles. The molecular formula is C18H21N3O2. The number of para-hydroxylation sites is 1. The van der Waals surface area contributed by atoms with E-state index < -0.39 is 0 Å². The van der Waals surface area contributed by atoms with Crippen LogP contribution >= 0.6 is 0 Å². The molecule has 0 spiro atoms. The van der Waals surface area contributed by atoms with Crippen LogP contribution in [0.3, 0.4) is 0 Å². The summed E-state index contributed by atoms with van der Waals surface area (Å²) in [5.74, 6) is 0.699. The molecular weight excluding hydrogens is 290 g/mol. The summed E-state index contributed by atoms with van der Waals surface area (Å²) in [5, 5.41) is 7.63. The summed E-state index contributed by atoms with van der Waals surface area (Å²) >= 11 is 0. The van der Waals surface area contributed by atoms with E-state index in [0.717, 1.165) is 30.6 Å². The number of nitrogens with zero attached hydrogens (tertiary/aromatic N) is 2. The van der Waals surface area contributed by atoms with Crippen LogP contribution in [0.15, 0.2) is 42.7 Å². The topological polar surface area (TPSA) is 56.2 Å². The van der Waals surface area contributed by atoms with Gasteiger partial charge in [0.2, 0.25) is 5.91 Å². The Labute approximate surface area is 135 Å². The van der Waals surface area contributed by atoms with Gasteiger partial charge in [0, 0.05) is 18.0 Å². The standard InChI is InChI=1S/C18H21N3O2/c22-18(14-12-23-17-9-4-1-6-13(14)17)20-15-7-2-3-8-16(15)21-11-5-10-19-21/h1,4-6,9-11,14-16H,2-3,7-8,12H2,(H,20,22)/t14-,15-,16+/m1/s1. The molecule has 1 aromatic heterocycles. The molecule has 1 aliphatic heterocycles. The molecule has 1 saturated carbocycles. The van der Waals surface area contributed by atoms with E-state index in [1.54, 1.807) is 6.20 Å². The average molecular weight is 311 g/mol. The lowest BCUT2D eigenvalue weighted by Gasteiger charge is -2.33. The van der Waals surface area contributed by atoms with E-state index in [-0.39, 0.29) is 23.9 Å². The van der Waals surface area contributed by atoms with E-state index in [9.17, 15) is 4.79 Å². The Bertz CT molecular complexity index is 683. The zero-order valence-corrected chi connectivity index (χ0v) is 13.0. The number of carbonyl (C=O) groups excluding carboxylic acids is 1. The molecule has 5 nitrogen and oxygen atoms in total. The Balaban J connectivity index is 1.49. The van der Waals surface area contributed by atoms with Crippen molar-refractivity contribution in [2.75, 3.05) is 6.61 Å². The molecule has 0 unspecified atom stereocenters. The highest BCUT2D eigenvalue weighted by atomic mass is 16.5. The fraction of sp³-hybridized carbons (Fsp3) is 0.444. The van der Waals surface area contributed by atoms with Gasteiger partial charge in [-0.1, -0.05) is 31.0 Å². The van der Waals surface area contributed by atoms with Gasteiger partial charge in [-0.05, 0) is 25.0 Å². The highest BCUT2D eigenvalue weighted by molar-refractivity contribution is 5.85. The summed E-state index contributed by atoms with van der Waals surface area (Å²) < 4.78 is 7.63. The van der Waals surface area contributed by atoms with Crippen LogP contribution in [0.2, 0.25) is 0 Å². The molecule has 0 saturated heterocycles. The van der Waals surface area contributed by atoms with Crippen molar-refractivity contribution in [1.82, 2.24) is 15.1 Å². The second-order valence-electron chi connectivity index (χ2n) is 6.35. The van der Waals surface area contributed by atoms with Gasteiger partial charge in [-0.2, -0.15) is 5.10 Å². The van der Waals surface area contributed by atoms with Crippen molar-refractivity contribution < 1.29 is 9.53 Å². The summed E-state index contributed by atoms with van der Waals surface area (Å²) in [6, 6.07) is 10.1. The van der Waals surface area contributed by atoms with Crippen LogP contribution in [0, 0.1) is 0 Å². The second-order valence-corrected chi connectivity index (χ2v) is 6.35. The molecule has 1 fully saturated rings. The third-order valence-electron chi connectivity index (χ3n) is 4.94. The molecule has 4 rings (SSSR count). The molecule has 1 N–H and O–H groups in total. The Kier molecular flexibility index (Phi) is 3.77. The van der Waals surface area contributed by atoms with Crippen molar-refractivity contribution >= 4 is 5.91 Å². The molecule has 1 aliphatic carbocycles. The van der Waals surface area contributed by atoms with Gasteiger partial charge < -0.3 is 10.1 Å².